The maximum Gasteiger partial charge on any atom is 0.331 e. The number of aryl methyl sites for hydroxylation is 1. The van der Waals surface area contributed by atoms with Crippen LogP contribution in [0.4, 0.5) is 4.79 Å². The number of nitrogens with zero attached hydrogens (tertiary/aromatic N) is 2. The molecular formula is C17H25N3O3S. The number of nitrogens with one attached hydrogen (secondary N) is 1. The highest BCUT2D eigenvalue weighted by Crippen LogP contribution is 2.32. The summed E-state index contributed by atoms with van der Waals surface area (Å²) in [7, 11) is -1.76. The van der Waals surface area contributed by atoms with E-state index < -0.39 is 16.1 Å². The van der Waals surface area contributed by atoms with Crippen LogP contribution in [0.25, 0.3) is 0 Å². The molecule has 2 aliphatic rings. The fourth-order valence-electron chi connectivity index (χ4n) is 3.20. The summed E-state index contributed by atoms with van der Waals surface area (Å²) in [6, 6.07) is 6.36. The van der Waals surface area contributed by atoms with Crippen LogP contribution in [0.1, 0.15) is 31.2 Å². The number of amides is 2. The van der Waals surface area contributed by atoms with Gasteiger partial charge in [-0.3, -0.25) is 0 Å². The summed E-state index contributed by atoms with van der Waals surface area (Å²) in [6.45, 7) is 3.77. The summed E-state index contributed by atoms with van der Waals surface area (Å²) in [5, 5.41) is 0. The van der Waals surface area contributed by atoms with Gasteiger partial charge in [0.1, 0.15) is 0 Å². The van der Waals surface area contributed by atoms with Gasteiger partial charge in [-0.15, -0.1) is 0 Å². The third-order valence-electron chi connectivity index (χ3n) is 4.81. The number of piperidine rings is 1. The second-order valence-corrected chi connectivity index (χ2v) is 8.58. The highest BCUT2D eigenvalue weighted by Gasteiger charge is 2.39. The van der Waals surface area contributed by atoms with Crippen molar-refractivity contribution in [3.63, 3.8) is 0 Å². The molecule has 1 saturated heterocycles. The lowest BCUT2D eigenvalue weighted by Crippen LogP contribution is -2.52. The Hall–Kier alpha value is -1.60. The minimum Gasteiger partial charge on any atom is -0.318 e. The van der Waals surface area contributed by atoms with Crippen LogP contribution in [-0.4, -0.2) is 56.5 Å². The zero-order valence-corrected chi connectivity index (χ0v) is 15.1. The normalized spacial score (nSPS) is 19.9. The average molecular weight is 351 g/mol. The lowest BCUT2D eigenvalue weighted by molar-refractivity contribution is 0.130. The molecule has 7 heteroatoms. The monoisotopic (exact) mass is 351 g/mol. The van der Waals surface area contributed by atoms with Crippen molar-refractivity contribution < 1.29 is 13.2 Å². The van der Waals surface area contributed by atoms with Gasteiger partial charge >= 0.3 is 6.03 Å². The second-order valence-electron chi connectivity index (χ2n) is 6.90. The van der Waals surface area contributed by atoms with Crippen LogP contribution in [0.2, 0.25) is 0 Å². The van der Waals surface area contributed by atoms with E-state index in [2.05, 4.69) is 16.7 Å². The fourth-order valence-corrected chi connectivity index (χ4v) is 4.15. The maximum absolute atomic E-state index is 12.7. The largest absolute Gasteiger partial charge is 0.331 e. The number of sulfonamides is 1. The molecule has 0 aromatic heterocycles. The molecule has 0 radical (unpaired) electrons. The van der Waals surface area contributed by atoms with Crippen LogP contribution in [-0.2, 0) is 10.0 Å². The molecule has 6 nitrogen and oxygen atoms in total. The molecule has 1 heterocycles. The van der Waals surface area contributed by atoms with Crippen molar-refractivity contribution in [1.82, 2.24) is 14.5 Å². The van der Waals surface area contributed by atoms with Crippen molar-refractivity contribution in [2.24, 2.45) is 0 Å². The molecule has 1 saturated carbocycles. The van der Waals surface area contributed by atoms with E-state index in [-0.39, 0.29) is 17.0 Å². The van der Waals surface area contributed by atoms with Gasteiger partial charge in [0.25, 0.3) is 10.0 Å². The summed E-state index contributed by atoms with van der Waals surface area (Å²) in [6.07, 6.45) is 3.71. The molecule has 1 aliphatic heterocycles. The van der Waals surface area contributed by atoms with Gasteiger partial charge in [0.15, 0.2) is 0 Å². The number of likely N-dealkylation sites (tertiary alicyclic amines) is 1. The van der Waals surface area contributed by atoms with Gasteiger partial charge < -0.3 is 9.80 Å². The van der Waals surface area contributed by atoms with Crippen molar-refractivity contribution in [1.29, 1.82) is 0 Å². The summed E-state index contributed by atoms with van der Waals surface area (Å²) in [5.74, 6) is 0. The molecule has 0 bridgehead atoms. The molecule has 0 atom stereocenters. The molecular weight excluding hydrogens is 326 g/mol. The molecule has 3 rings (SSSR count). The van der Waals surface area contributed by atoms with E-state index in [4.69, 9.17) is 0 Å². The number of urea groups is 1. The second kappa shape index (κ2) is 6.72. The van der Waals surface area contributed by atoms with E-state index in [0.717, 1.165) is 44.3 Å². The van der Waals surface area contributed by atoms with Crippen LogP contribution in [0.5, 0.6) is 0 Å². The Kier molecular flexibility index (Phi) is 4.83. The Labute approximate surface area is 143 Å². The van der Waals surface area contributed by atoms with Crippen molar-refractivity contribution in [3.8, 4) is 0 Å². The number of benzene rings is 1. The zero-order valence-electron chi connectivity index (χ0n) is 14.2. The SMILES string of the molecule is Cc1ccc(S(=O)(=O)NC(=O)N(C2CC2)C2CCN(C)CC2)cc1. The fraction of sp³-hybridized carbons (Fsp3) is 0.588. The van der Waals surface area contributed by atoms with Crippen LogP contribution in [0.15, 0.2) is 29.2 Å². The summed E-state index contributed by atoms with van der Waals surface area (Å²) in [4.78, 5) is 16.8. The van der Waals surface area contributed by atoms with Crippen molar-refractivity contribution in [2.45, 2.75) is 49.6 Å². The smallest absolute Gasteiger partial charge is 0.318 e. The van der Waals surface area contributed by atoms with Gasteiger partial charge in [0, 0.05) is 12.1 Å². The molecule has 24 heavy (non-hydrogen) atoms. The topological polar surface area (TPSA) is 69.7 Å². The van der Waals surface area contributed by atoms with E-state index in [0.29, 0.717) is 0 Å². The van der Waals surface area contributed by atoms with Crippen LogP contribution in [0.3, 0.4) is 0 Å². The molecule has 2 amide bonds. The van der Waals surface area contributed by atoms with E-state index in [1.165, 1.54) is 12.1 Å². The minimum absolute atomic E-state index is 0.126. The van der Waals surface area contributed by atoms with Gasteiger partial charge in [0.05, 0.1) is 4.90 Å². The Morgan fingerprint density at radius 3 is 2.17 bits per heavy atom. The summed E-state index contributed by atoms with van der Waals surface area (Å²) >= 11 is 0. The predicted octanol–water partition coefficient (Wildman–Crippen LogP) is 1.95. The van der Waals surface area contributed by atoms with Crippen molar-refractivity contribution in [3.05, 3.63) is 29.8 Å². The average Bonchev–Trinajstić information content (AvgIpc) is 3.34. The van der Waals surface area contributed by atoms with Gasteiger partial charge in [-0.05, 0) is 64.9 Å². The summed E-state index contributed by atoms with van der Waals surface area (Å²) in [5.41, 5.74) is 0.978. The van der Waals surface area contributed by atoms with Gasteiger partial charge in [-0.25, -0.2) is 17.9 Å². The summed E-state index contributed by atoms with van der Waals surface area (Å²) < 4.78 is 27.2. The zero-order chi connectivity index (χ0) is 17.3. The first kappa shape index (κ1) is 17.2. The Bertz CT molecular complexity index is 690. The van der Waals surface area contributed by atoms with Crippen LogP contribution < -0.4 is 4.72 Å². The van der Waals surface area contributed by atoms with Crippen molar-refractivity contribution in [2.75, 3.05) is 20.1 Å². The van der Waals surface area contributed by atoms with Gasteiger partial charge in [-0.2, -0.15) is 0 Å². The lowest BCUT2D eigenvalue weighted by atomic mass is 10.0. The number of hydrogen-bond donors (Lipinski definition) is 1. The molecule has 1 N–H and O–H groups in total. The molecule has 2 fully saturated rings. The Balaban J connectivity index is 1.72. The highest BCUT2D eigenvalue weighted by molar-refractivity contribution is 7.90. The van der Waals surface area contributed by atoms with Gasteiger partial charge in [-0.1, -0.05) is 17.7 Å². The molecule has 0 unspecified atom stereocenters. The van der Waals surface area contributed by atoms with Crippen LogP contribution >= 0.6 is 0 Å². The first-order valence-electron chi connectivity index (χ1n) is 8.47. The third kappa shape index (κ3) is 3.89. The van der Waals surface area contributed by atoms with E-state index in [1.807, 2.05) is 6.92 Å². The predicted molar refractivity (Wildman–Crippen MR) is 92.3 cm³/mol. The number of carbonyl (C=O) groups is 1. The highest BCUT2D eigenvalue weighted by atomic mass is 32.2. The van der Waals surface area contributed by atoms with Gasteiger partial charge in [0.2, 0.25) is 0 Å². The van der Waals surface area contributed by atoms with Crippen molar-refractivity contribution >= 4 is 16.1 Å². The molecule has 0 spiro atoms. The molecule has 132 valence electrons. The Morgan fingerprint density at radius 1 is 1.08 bits per heavy atom. The number of carbonyl (C=O) groups excluding carboxylic acids is 1. The van der Waals surface area contributed by atoms with Crippen LogP contribution in [0, 0.1) is 6.92 Å². The lowest BCUT2D eigenvalue weighted by Gasteiger charge is -2.37. The van der Waals surface area contributed by atoms with E-state index in [9.17, 15) is 13.2 Å². The standard InChI is InChI=1S/C17H25N3O3S/c1-13-3-7-16(8-4-13)24(22,23)18-17(21)20(14-5-6-14)15-9-11-19(2)12-10-15/h3-4,7-8,14-15H,5-6,9-12H2,1-2H3,(H,18,21). The molecule has 1 aliphatic carbocycles. The third-order valence-corrected chi connectivity index (χ3v) is 6.15. The quantitative estimate of drug-likeness (QED) is 0.900. The Morgan fingerprint density at radius 2 is 1.62 bits per heavy atom. The maximum atomic E-state index is 12.7. The minimum atomic E-state index is -3.83. The molecule has 1 aromatic carbocycles. The van der Waals surface area contributed by atoms with E-state index in [1.54, 1.807) is 17.0 Å². The first-order valence-corrected chi connectivity index (χ1v) is 9.95. The number of rotatable bonds is 4. The number of hydrogen-bond acceptors (Lipinski definition) is 4. The van der Waals surface area contributed by atoms with E-state index >= 15 is 0 Å². The first-order chi connectivity index (χ1) is 11.4. The molecule has 1 aromatic rings.